The first kappa shape index (κ1) is 18.1. The van der Waals surface area contributed by atoms with Crippen molar-refractivity contribution in [3.05, 3.63) is 29.5 Å². The maximum Gasteiger partial charge on any atom is 0.188 e. The number of rotatable bonds is 5. The van der Waals surface area contributed by atoms with Gasteiger partial charge in [-0.25, -0.2) is 8.42 Å². The second-order valence-electron chi connectivity index (χ2n) is 6.30. The average molecular weight is 383 g/mol. The second-order valence-corrected chi connectivity index (χ2v) is 9.26. The Balaban J connectivity index is 1.75. The molecule has 1 aromatic heterocycles. The van der Waals surface area contributed by atoms with E-state index in [1.165, 1.54) is 13.4 Å². The molecule has 0 bridgehead atoms. The number of benzene rings is 1. The summed E-state index contributed by atoms with van der Waals surface area (Å²) in [6.45, 7) is 2.38. The van der Waals surface area contributed by atoms with Crippen LogP contribution in [-0.2, 0) is 16.4 Å². The largest absolute Gasteiger partial charge is 0.504 e. The highest BCUT2D eigenvalue weighted by molar-refractivity contribution is 7.92. The number of nitrogens with zero attached hydrogens (tertiary/aromatic N) is 3. The van der Waals surface area contributed by atoms with Gasteiger partial charge in [0.15, 0.2) is 25.5 Å². The lowest BCUT2D eigenvalue weighted by Gasteiger charge is -2.32. The van der Waals surface area contributed by atoms with Crippen molar-refractivity contribution in [2.24, 2.45) is 0 Å². The SMILES string of the molecule is COc1cc(CN2CCC[C@H](c3nnsc3S(C)(=O)=O)C2)ccc1O. The number of sulfone groups is 1. The molecule has 1 saturated heterocycles. The number of methoxy groups -OCH3 is 1. The fourth-order valence-corrected chi connectivity index (χ4v) is 4.93. The maximum atomic E-state index is 11.9. The van der Waals surface area contributed by atoms with Crippen LogP contribution in [0.3, 0.4) is 0 Å². The van der Waals surface area contributed by atoms with E-state index in [1.807, 2.05) is 12.1 Å². The van der Waals surface area contributed by atoms with Gasteiger partial charge in [0, 0.05) is 36.8 Å². The Bertz CT molecular complexity index is 851. The first-order chi connectivity index (χ1) is 11.9. The molecule has 7 nitrogen and oxygen atoms in total. The predicted molar refractivity (Wildman–Crippen MR) is 94.9 cm³/mol. The number of aromatic hydroxyl groups is 1. The molecule has 1 N–H and O–H groups in total. The standard InChI is InChI=1S/C16H21N3O4S2/c1-23-14-8-11(5-6-13(14)20)9-19-7-3-4-12(10-19)15-16(24-18-17-15)25(2,21)22/h5-6,8,12,20H,3-4,7,9-10H2,1-2H3/t12-/m0/s1. The minimum atomic E-state index is -3.30. The zero-order chi connectivity index (χ0) is 18.0. The highest BCUT2D eigenvalue weighted by Gasteiger charge is 2.29. The fraction of sp³-hybridized carbons (Fsp3) is 0.500. The Hall–Kier alpha value is -1.71. The Morgan fingerprint density at radius 1 is 1.44 bits per heavy atom. The van der Waals surface area contributed by atoms with Gasteiger partial charge in [0.25, 0.3) is 0 Å². The van der Waals surface area contributed by atoms with Gasteiger partial charge in [0.2, 0.25) is 0 Å². The predicted octanol–water partition coefficient (Wildman–Crippen LogP) is 2.04. The molecule has 1 aliphatic heterocycles. The van der Waals surface area contributed by atoms with Crippen molar-refractivity contribution in [3.63, 3.8) is 0 Å². The summed E-state index contributed by atoms with van der Waals surface area (Å²) in [5.74, 6) is 0.638. The zero-order valence-corrected chi connectivity index (χ0v) is 15.8. The number of phenols is 1. The van der Waals surface area contributed by atoms with E-state index in [4.69, 9.17) is 4.74 Å². The third-order valence-electron chi connectivity index (χ3n) is 4.36. The van der Waals surface area contributed by atoms with Crippen molar-refractivity contribution in [2.75, 3.05) is 26.5 Å². The number of ether oxygens (including phenoxy) is 1. The van der Waals surface area contributed by atoms with Crippen molar-refractivity contribution in [3.8, 4) is 11.5 Å². The van der Waals surface area contributed by atoms with E-state index in [1.54, 1.807) is 6.07 Å². The number of hydrogen-bond donors (Lipinski definition) is 1. The van der Waals surface area contributed by atoms with Gasteiger partial charge in [-0.15, -0.1) is 5.10 Å². The van der Waals surface area contributed by atoms with Gasteiger partial charge in [-0.3, -0.25) is 4.90 Å². The third kappa shape index (κ3) is 4.10. The number of aromatic nitrogens is 2. The maximum absolute atomic E-state index is 11.9. The molecular formula is C16H21N3O4S2. The van der Waals surface area contributed by atoms with Crippen LogP contribution in [0.5, 0.6) is 11.5 Å². The van der Waals surface area contributed by atoms with Gasteiger partial charge in [-0.1, -0.05) is 10.6 Å². The van der Waals surface area contributed by atoms with Crippen molar-refractivity contribution < 1.29 is 18.3 Å². The molecule has 0 aliphatic carbocycles. The van der Waals surface area contributed by atoms with Crippen LogP contribution in [0, 0.1) is 0 Å². The van der Waals surface area contributed by atoms with Gasteiger partial charge < -0.3 is 9.84 Å². The van der Waals surface area contributed by atoms with Crippen LogP contribution in [0.2, 0.25) is 0 Å². The smallest absolute Gasteiger partial charge is 0.188 e. The minimum absolute atomic E-state index is 0.0660. The molecular weight excluding hydrogens is 362 g/mol. The summed E-state index contributed by atoms with van der Waals surface area (Å²) in [6, 6.07) is 5.32. The molecule has 1 atom stereocenters. The Morgan fingerprint density at radius 2 is 2.24 bits per heavy atom. The van der Waals surface area contributed by atoms with Crippen LogP contribution in [0.25, 0.3) is 0 Å². The number of hydrogen-bond acceptors (Lipinski definition) is 8. The quantitative estimate of drug-likeness (QED) is 0.844. The molecule has 1 fully saturated rings. The molecule has 3 rings (SSSR count). The lowest BCUT2D eigenvalue weighted by molar-refractivity contribution is 0.197. The Labute approximate surface area is 151 Å². The van der Waals surface area contributed by atoms with Crippen LogP contribution >= 0.6 is 11.5 Å². The van der Waals surface area contributed by atoms with Crippen LogP contribution in [0.4, 0.5) is 0 Å². The molecule has 2 heterocycles. The molecule has 25 heavy (non-hydrogen) atoms. The summed E-state index contributed by atoms with van der Waals surface area (Å²) in [6.07, 6.45) is 3.08. The van der Waals surface area contributed by atoms with Gasteiger partial charge in [-0.05, 0) is 37.1 Å². The molecule has 0 saturated carbocycles. The van der Waals surface area contributed by atoms with E-state index in [2.05, 4.69) is 14.5 Å². The lowest BCUT2D eigenvalue weighted by atomic mass is 9.95. The van der Waals surface area contributed by atoms with Crippen LogP contribution in [0.15, 0.2) is 22.4 Å². The number of likely N-dealkylation sites (tertiary alicyclic amines) is 1. The van der Waals surface area contributed by atoms with Gasteiger partial charge in [-0.2, -0.15) is 0 Å². The van der Waals surface area contributed by atoms with Crippen molar-refractivity contribution in [1.82, 2.24) is 14.5 Å². The highest BCUT2D eigenvalue weighted by Crippen LogP contribution is 2.33. The highest BCUT2D eigenvalue weighted by atomic mass is 32.2. The van der Waals surface area contributed by atoms with Crippen molar-refractivity contribution in [1.29, 1.82) is 0 Å². The molecule has 136 valence electrons. The molecule has 1 aromatic carbocycles. The number of piperidine rings is 1. The van der Waals surface area contributed by atoms with Gasteiger partial charge in [0.1, 0.15) is 0 Å². The molecule has 0 unspecified atom stereocenters. The minimum Gasteiger partial charge on any atom is -0.504 e. The van der Waals surface area contributed by atoms with Gasteiger partial charge in [0.05, 0.1) is 12.8 Å². The van der Waals surface area contributed by atoms with Crippen LogP contribution < -0.4 is 4.74 Å². The van der Waals surface area contributed by atoms with E-state index in [9.17, 15) is 13.5 Å². The Kier molecular flexibility index (Phi) is 5.26. The zero-order valence-electron chi connectivity index (χ0n) is 14.2. The molecule has 1 aliphatic rings. The van der Waals surface area contributed by atoms with Crippen LogP contribution in [0.1, 0.15) is 30.0 Å². The first-order valence-electron chi connectivity index (χ1n) is 7.99. The summed E-state index contributed by atoms with van der Waals surface area (Å²) in [5, 5.41) is 13.8. The van der Waals surface area contributed by atoms with Gasteiger partial charge >= 0.3 is 0 Å². The number of phenolic OH excluding ortho intramolecular Hbond substituents is 1. The second kappa shape index (κ2) is 7.27. The lowest BCUT2D eigenvalue weighted by Crippen LogP contribution is -2.34. The molecule has 0 amide bonds. The summed E-state index contributed by atoms with van der Waals surface area (Å²) < 4.78 is 33.1. The molecule has 9 heteroatoms. The molecule has 0 spiro atoms. The van der Waals surface area contributed by atoms with E-state index in [0.29, 0.717) is 18.0 Å². The van der Waals surface area contributed by atoms with E-state index in [0.717, 1.165) is 43.0 Å². The topological polar surface area (TPSA) is 92.6 Å². The summed E-state index contributed by atoms with van der Waals surface area (Å²) >= 11 is 0.950. The normalized spacial score (nSPS) is 19.0. The Morgan fingerprint density at radius 3 is 2.96 bits per heavy atom. The summed E-state index contributed by atoms with van der Waals surface area (Å²) in [5.41, 5.74) is 1.63. The van der Waals surface area contributed by atoms with E-state index in [-0.39, 0.29) is 15.9 Å². The third-order valence-corrected chi connectivity index (χ3v) is 6.91. The fourth-order valence-electron chi connectivity index (χ4n) is 3.20. The monoisotopic (exact) mass is 383 g/mol. The summed E-state index contributed by atoms with van der Waals surface area (Å²) in [7, 11) is -1.77. The average Bonchev–Trinajstić information content (AvgIpc) is 3.07. The van der Waals surface area contributed by atoms with E-state index >= 15 is 0 Å². The van der Waals surface area contributed by atoms with Crippen LogP contribution in [-0.4, -0.2) is 54.5 Å². The van der Waals surface area contributed by atoms with Crippen molar-refractivity contribution in [2.45, 2.75) is 29.5 Å². The summed E-state index contributed by atoms with van der Waals surface area (Å²) in [4.78, 5) is 2.27. The molecule has 0 radical (unpaired) electrons. The molecule has 2 aromatic rings. The van der Waals surface area contributed by atoms with Crippen molar-refractivity contribution >= 4 is 21.4 Å². The van der Waals surface area contributed by atoms with E-state index < -0.39 is 9.84 Å². The first-order valence-corrected chi connectivity index (χ1v) is 10.7.